The highest BCUT2D eigenvalue weighted by atomic mass is 16.7. The summed E-state index contributed by atoms with van der Waals surface area (Å²) in [5.41, 5.74) is -0.798. The number of hydrogen-bond donors (Lipinski definition) is 5. The van der Waals surface area contributed by atoms with Crippen LogP contribution in [0.5, 0.6) is 0 Å². The summed E-state index contributed by atoms with van der Waals surface area (Å²) in [6.45, 7) is 1.25. The molecule has 5 rings (SSSR count). The Morgan fingerprint density at radius 3 is 2.46 bits per heavy atom. The summed E-state index contributed by atoms with van der Waals surface area (Å²) in [5.74, 6) is -2.26. The van der Waals surface area contributed by atoms with Crippen LogP contribution in [0.25, 0.3) is 0 Å². The predicted octanol–water partition coefficient (Wildman–Crippen LogP) is 2.30. The van der Waals surface area contributed by atoms with E-state index in [9.17, 15) is 31.7 Å². The first-order valence-electron chi connectivity index (χ1n) is 15.7. The van der Waals surface area contributed by atoms with Crippen molar-refractivity contribution in [2.45, 2.75) is 121 Å². The number of aliphatic hydroxyl groups excluding tert-OH is 3. The van der Waals surface area contributed by atoms with E-state index in [1.165, 1.54) is 0 Å². The third kappa shape index (κ3) is 4.07. The van der Waals surface area contributed by atoms with Gasteiger partial charge in [-0.15, -0.1) is 0 Å². The normalized spacial score (nSPS) is 60.3. The second-order valence-electron chi connectivity index (χ2n) is 12.2. The Morgan fingerprint density at radius 1 is 1.03 bits per heavy atom. The van der Waals surface area contributed by atoms with Crippen LogP contribution in [-0.4, -0.2) is 74.4 Å². The zero-order valence-corrected chi connectivity index (χ0v) is 20.6. The number of rotatable bonds is 4. The summed E-state index contributed by atoms with van der Waals surface area (Å²) in [4.78, 5) is 11.5. The molecule has 35 heavy (non-hydrogen) atoms. The Morgan fingerprint density at radius 2 is 1.74 bits per heavy atom. The fourth-order valence-electron chi connectivity index (χ4n) is 8.90. The van der Waals surface area contributed by atoms with E-state index in [0.717, 1.165) is 25.7 Å². The third-order valence-electron chi connectivity index (χ3n) is 10.8. The molecule has 5 fully saturated rings. The summed E-state index contributed by atoms with van der Waals surface area (Å²) in [6.07, 6.45) is -5.15. The summed E-state index contributed by atoms with van der Waals surface area (Å²) in [5, 5.41) is 50.8. The average molecular weight is 502 g/mol. The lowest BCUT2D eigenvalue weighted by Gasteiger charge is -2.61. The van der Waals surface area contributed by atoms with Gasteiger partial charge in [0.25, 0.3) is 0 Å². The van der Waals surface area contributed by atoms with Crippen molar-refractivity contribution in [1.82, 2.24) is 0 Å². The molecule has 0 aromatic carbocycles. The molecule has 4 aliphatic carbocycles. The van der Waals surface area contributed by atoms with Gasteiger partial charge in [-0.2, -0.15) is 0 Å². The number of aliphatic carboxylic acids is 1. The number of carboxylic acids is 1. The second-order valence-corrected chi connectivity index (χ2v) is 12.2. The molecule has 5 N–H and O–H groups in total. The molecule has 8 nitrogen and oxygen atoms in total. The van der Waals surface area contributed by atoms with Gasteiger partial charge in [0.2, 0.25) is 0 Å². The van der Waals surface area contributed by atoms with Crippen LogP contribution in [-0.2, 0) is 14.3 Å². The van der Waals surface area contributed by atoms with Gasteiger partial charge in [0.15, 0.2) is 12.4 Å². The third-order valence-corrected chi connectivity index (χ3v) is 10.8. The fourth-order valence-corrected chi connectivity index (χ4v) is 8.90. The van der Waals surface area contributed by atoms with Crippen LogP contribution in [0.2, 0.25) is 0 Å². The summed E-state index contributed by atoms with van der Waals surface area (Å²) >= 11 is 0. The first kappa shape index (κ1) is 20.2. The largest absolute Gasteiger partial charge is 0.479 e. The standard InChI is InChI=1S/C27H44O8/c1-13(28)17-6-7-18-16-5-4-14-12-15(8-10-26(14,2)19(16)9-11-27(17,18)3)34-25-22(31)20(29)21(30)23(35-25)24(32)33/h13-23,25,28-31H,4-12H2,1-3H3,(H,32,33)/t13-,14-,15+,16-,17+,18-,19-,20-,21-,22+,23-,25+,26-,27+/m0/s1/i1D3,13D,17D. The van der Waals surface area contributed by atoms with Crippen LogP contribution < -0.4 is 0 Å². The molecule has 4 saturated carbocycles. The molecular formula is C27H44O8. The van der Waals surface area contributed by atoms with Crippen molar-refractivity contribution in [2.24, 2.45) is 40.4 Å². The number of fused-ring (bicyclic) bond motifs is 5. The molecule has 0 bridgehead atoms. The van der Waals surface area contributed by atoms with E-state index < -0.39 is 60.9 Å². The molecule has 1 aliphatic heterocycles. The molecule has 200 valence electrons. The van der Waals surface area contributed by atoms with E-state index in [-0.39, 0.29) is 29.8 Å². The minimum Gasteiger partial charge on any atom is -0.479 e. The van der Waals surface area contributed by atoms with Crippen molar-refractivity contribution >= 4 is 5.97 Å². The van der Waals surface area contributed by atoms with Crippen molar-refractivity contribution in [1.29, 1.82) is 0 Å². The van der Waals surface area contributed by atoms with Crippen LogP contribution >= 0.6 is 0 Å². The molecule has 0 aromatic heterocycles. The lowest BCUT2D eigenvalue weighted by molar-refractivity contribution is -0.309. The molecule has 0 unspecified atom stereocenters. The fraction of sp³-hybridized carbons (Fsp3) is 0.963. The molecule has 14 atom stereocenters. The van der Waals surface area contributed by atoms with Crippen molar-refractivity contribution in [3.05, 3.63) is 0 Å². The number of carbonyl (C=O) groups is 1. The summed E-state index contributed by atoms with van der Waals surface area (Å²) in [6, 6.07) is 0. The van der Waals surface area contributed by atoms with E-state index in [2.05, 4.69) is 6.92 Å². The monoisotopic (exact) mass is 501 g/mol. The van der Waals surface area contributed by atoms with Crippen LogP contribution in [0, 0.1) is 40.4 Å². The topological polar surface area (TPSA) is 137 Å². The first-order valence-corrected chi connectivity index (χ1v) is 13.2. The minimum atomic E-state index is -2.97. The predicted molar refractivity (Wildman–Crippen MR) is 126 cm³/mol. The zero-order chi connectivity index (χ0) is 29.6. The maximum Gasteiger partial charge on any atom is 0.335 e. The maximum atomic E-state index is 11.5. The van der Waals surface area contributed by atoms with Crippen molar-refractivity contribution in [3.63, 3.8) is 0 Å². The number of ether oxygens (including phenoxy) is 2. The molecule has 0 radical (unpaired) electrons. The van der Waals surface area contributed by atoms with Gasteiger partial charge in [0, 0.05) is 5.48 Å². The number of aliphatic hydroxyl groups is 4. The highest BCUT2D eigenvalue weighted by Crippen LogP contribution is 2.67. The van der Waals surface area contributed by atoms with E-state index >= 15 is 0 Å². The van der Waals surface area contributed by atoms with Gasteiger partial charge in [-0.1, -0.05) is 13.8 Å². The van der Waals surface area contributed by atoms with E-state index in [1.54, 1.807) is 0 Å². The van der Waals surface area contributed by atoms with Gasteiger partial charge >= 0.3 is 5.97 Å². The summed E-state index contributed by atoms with van der Waals surface area (Å²) in [7, 11) is 0. The first-order chi connectivity index (χ1) is 18.4. The average Bonchev–Trinajstić information content (AvgIpc) is 3.15. The van der Waals surface area contributed by atoms with Crippen LogP contribution in [0.1, 0.15) is 85.3 Å². The SMILES string of the molecule is [2H]C([2H])([2H])[C@]([2H])(O)[C@@]1([2H])CC[C@H]2[C@@H]3CC[C@H]4C[C@H](O[C@@H]5O[C@H](C(=O)O)[C@@H](O)[C@H](O)[C@H]5O)CC[C@]4(C)[C@H]3CC[C@@]21C. The Hall–Kier alpha value is -0.770. The lowest BCUT2D eigenvalue weighted by atomic mass is 9.44. The molecule has 1 heterocycles. The van der Waals surface area contributed by atoms with Gasteiger partial charge in [-0.05, 0) is 105 Å². The molecule has 0 aromatic rings. The van der Waals surface area contributed by atoms with Crippen molar-refractivity contribution in [3.8, 4) is 0 Å². The quantitative estimate of drug-likeness (QED) is 0.370. The Kier molecular flexibility index (Phi) is 5.32. The van der Waals surface area contributed by atoms with Crippen molar-refractivity contribution < 1.29 is 46.7 Å². The van der Waals surface area contributed by atoms with Crippen LogP contribution in [0.4, 0.5) is 0 Å². The molecule has 1 saturated heterocycles. The summed E-state index contributed by atoms with van der Waals surface area (Å²) < 4.78 is 52.5. The van der Waals surface area contributed by atoms with E-state index in [4.69, 9.17) is 15.0 Å². The van der Waals surface area contributed by atoms with Gasteiger partial charge in [-0.3, -0.25) is 0 Å². The maximum absolute atomic E-state index is 11.5. The zero-order valence-electron chi connectivity index (χ0n) is 25.6. The van der Waals surface area contributed by atoms with E-state index in [1.807, 2.05) is 6.92 Å². The van der Waals surface area contributed by atoms with Crippen molar-refractivity contribution in [2.75, 3.05) is 0 Å². The Labute approximate surface area is 215 Å². The molecule has 8 heteroatoms. The smallest absolute Gasteiger partial charge is 0.335 e. The van der Waals surface area contributed by atoms with Gasteiger partial charge in [0.05, 0.1) is 13.6 Å². The van der Waals surface area contributed by atoms with Gasteiger partial charge < -0.3 is 35.0 Å². The van der Waals surface area contributed by atoms with Crippen LogP contribution in [0.15, 0.2) is 0 Å². The Bertz CT molecular complexity index is 996. The molecule has 5 aliphatic rings. The minimum absolute atomic E-state index is 0.0238. The van der Waals surface area contributed by atoms with Gasteiger partial charge in [-0.25, -0.2) is 4.79 Å². The molecule has 0 amide bonds. The highest BCUT2D eigenvalue weighted by molar-refractivity contribution is 5.73. The molecular weight excluding hydrogens is 452 g/mol. The van der Waals surface area contributed by atoms with E-state index in [0.29, 0.717) is 37.5 Å². The Balaban J connectivity index is 1.29. The van der Waals surface area contributed by atoms with Gasteiger partial charge in [0.1, 0.15) is 18.3 Å². The number of hydrogen-bond acceptors (Lipinski definition) is 7. The highest BCUT2D eigenvalue weighted by Gasteiger charge is 2.61. The molecule has 0 spiro atoms. The number of carboxylic acid groups (broad SMARTS) is 1. The lowest BCUT2D eigenvalue weighted by Crippen LogP contribution is -2.61. The second kappa shape index (κ2) is 9.21. The van der Waals surface area contributed by atoms with Crippen LogP contribution in [0.3, 0.4) is 0 Å².